The zero-order valence-electron chi connectivity index (χ0n) is 7.55. The zero-order chi connectivity index (χ0) is 8.69. The molecule has 0 amide bonds. The molecule has 0 spiro atoms. The molecule has 0 aliphatic heterocycles. The predicted molar refractivity (Wildman–Crippen MR) is 55.8 cm³/mol. The van der Waals surface area contributed by atoms with Crippen LogP contribution in [0.4, 0.5) is 0 Å². The third kappa shape index (κ3) is 5.99. The number of thioether (sulfide) groups is 1. The normalized spacial score (nSPS) is 11.0. The van der Waals surface area contributed by atoms with E-state index in [1.54, 1.807) is 0 Å². The lowest BCUT2D eigenvalue weighted by atomic mass is 10.3. The summed E-state index contributed by atoms with van der Waals surface area (Å²) in [5, 5.41) is 0. The molecule has 0 heterocycles. The molecule has 11 heavy (non-hydrogen) atoms. The van der Waals surface area contributed by atoms with Gasteiger partial charge in [0.2, 0.25) is 0 Å². The van der Waals surface area contributed by atoms with Crippen molar-refractivity contribution in [3.05, 3.63) is 35.3 Å². The molecule has 0 aliphatic rings. The monoisotopic (exact) mass is 168 g/mol. The third-order valence-electron chi connectivity index (χ3n) is 1.09. The first-order valence-corrected chi connectivity index (χ1v) is 4.79. The molecule has 0 saturated heterocycles. The zero-order valence-corrected chi connectivity index (χ0v) is 8.37. The Morgan fingerprint density at radius 1 is 1.36 bits per heavy atom. The van der Waals surface area contributed by atoms with Crippen molar-refractivity contribution < 1.29 is 0 Å². The number of allylic oxidation sites excluding steroid dienone is 4. The predicted octanol–water partition coefficient (Wildman–Crippen LogP) is 3.78. The minimum absolute atomic E-state index is 1.11. The fraction of sp³-hybridized carbons (Fsp3) is 0.400. The summed E-state index contributed by atoms with van der Waals surface area (Å²) in [5.74, 6) is 1.11. The maximum Gasteiger partial charge on any atom is 0.00659 e. The van der Waals surface area contributed by atoms with Gasteiger partial charge in [0.1, 0.15) is 0 Å². The first-order valence-electron chi connectivity index (χ1n) is 3.81. The second kappa shape index (κ2) is 6.29. The van der Waals surface area contributed by atoms with Crippen LogP contribution in [0.1, 0.15) is 20.8 Å². The Morgan fingerprint density at radius 3 is 2.36 bits per heavy atom. The second-order valence-corrected chi connectivity index (χ2v) is 3.79. The Labute approximate surface area is 74.1 Å². The van der Waals surface area contributed by atoms with Crippen LogP contribution in [0.5, 0.6) is 0 Å². The minimum atomic E-state index is 1.11. The van der Waals surface area contributed by atoms with Gasteiger partial charge in [-0.3, -0.25) is 0 Å². The summed E-state index contributed by atoms with van der Waals surface area (Å²) in [5.41, 5.74) is 1.32. The Morgan fingerprint density at radius 2 is 2.00 bits per heavy atom. The number of hydrogen-bond acceptors (Lipinski definition) is 1. The molecule has 0 fully saturated rings. The molecule has 0 saturated carbocycles. The molecule has 0 bridgehead atoms. The summed E-state index contributed by atoms with van der Waals surface area (Å²) in [4.78, 5) is 1.24. The highest BCUT2D eigenvalue weighted by Crippen LogP contribution is 2.15. The van der Waals surface area contributed by atoms with E-state index in [-0.39, 0.29) is 0 Å². The molecule has 0 unspecified atom stereocenters. The van der Waals surface area contributed by atoms with Gasteiger partial charge in [0.25, 0.3) is 0 Å². The van der Waals surface area contributed by atoms with Crippen LogP contribution in [0.15, 0.2) is 35.3 Å². The number of rotatable bonds is 4. The lowest BCUT2D eigenvalue weighted by molar-refractivity contribution is 1.39. The van der Waals surface area contributed by atoms with Crippen molar-refractivity contribution in [3.63, 3.8) is 0 Å². The van der Waals surface area contributed by atoms with Crippen LogP contribution in [-0.2, 0) is 0 Å². The number of hydrogen-bond donors (Lipinski definition) is 0. The molecule has 62 valence electrons. The van der Waals surface area contributed by atoms with Crippen LogP contribution >= 0.6 is 11.8 Å². The van der Waals surface area contributed by atoms with Gasteiger partial charge in [-0.1, -0.05) is 31.2 Å². The van der Waals surface area contributed by atoms with E-state index in [1.807, 2.05) is 17.8 Å². The Kier molecular flexibility index (Phi) is 6.05. The van der Waals surface area contributed by atoms with E-state index < -0.39 is 0 Å². The molecule has 0 nitrogen and oxygen atoms in total. The van der Waals surface area contributed by atoms with Gasteiger partial charge in [0.05, 0.1) is 0 Å². The van der Waals surface area contributed by atoms with Crippen LogP contribution in [0.2, 0.25) is 0 Å². The van der Waals surface area contributed by atoms with Crippen molar-refractivity contribution in [3.8, 4) is 0 Å². The molecule has 0 aliphatic carbocycles. The first kappa shape index (κ1) is 10.6. The smallest absolute Gasteiger partial charge is 0.00659 e. The Hall–Kier alpha value is -0.430. The topological polar surface area (TPSA) is 0 Å². The third-order valence-corrected chi connectivity index (χ3v) is 2.02. The molecule has 0 rings (SSSR count). The van der Waals surface area contributed by atoms with Gasteiger partial charge in [-0.15, -0.1) is 11.8 Å². The molecule has 0 aromatic heterocycles. The maximum atomic E-state index is 3.74. The van der Waals surface area contributed by atoms with Crippen LogP contribution in [0.3, 0.4) is 0 Å². The largest absolute Gasteiger partial charge is 0.126 e. The SMILES string of the molecule is C=C/C(=C\C=C(C)C)SCC. The summed E-state index contributed by atoms with van der Waals surface area (Å²) >= 11 is 1.82. The summed E-state index contributed by atoms with van der Waals surface area (Å²) in [7, 11) is 0. The van der Waals surface area contributed by atoms with E-state index in [9.17, 15) is 0 Å². The average molecular weight is 168 g/mol. The molecular formula is C10H16S. The summed E-state index contributed by atoms with van der Waals surface area (Å²) in [6, 6.07) is 0. The fourth-order valence-electron chi connectivity index (χ4n) is 0.591. The molecule has 0 N–H and O–H groups in total. The quantitative estimate of drug-likeness (QED) is 0.576. The van der Waals surface area contributed by atoms with Crippen molar-refractivity contribution in [1.82, 2.24) is 0 Å². The summed E-state index contributed by atoms with van der Waals surface area (Å²) < 4.78 is 0. The van der Waals surface area contributed by atoms with Gasteiger partial charge in [-0.05, 0) is 25.7 Å². The average Bonchev–Trinajstić information content (AvgIpc) is 1.97. The van der Waals surface area contributed by atoms with Gasteiger partial charge < -0.3 is 0 Å². The van der Waals surface area contributed by atoms with Crippen molar-refractivity contribution in [2.45, 2.75) is 20.8 Å². The highest BCUT2D eigenvalue weighted by Gasteiger charge is 1.86. The lowest BCUT2D eigenvalue weighted by Gasteiger charge is -1.95. The fourth-order valence-corrected chi connectivity index (χ4v) is 1.21. The van der Waals surface area contributed by atoms with Crippen molar-refractivity contribution in [2.24, 2.45) is 0 Å². The standard InChI is InChI=1S/C10H16S/c1-5-10(11-6-2)8-7-9(3)4/h5,7-8H,1,6H2,2-4H3/b10-8+. The Bertz CT molecular complexity index is 171. The van der Waals surface area contributed by atoms with Crippen molar-refractivity contribution in [1.29, 1.82) is 0 Å². The summed E-state index contributed by atoms with van der Waals surface area (Å²) in [6.07, 6.45) is 6.11. The van der Waals surface area contributed by atoms with Gasteiger partial charge in [-0.2, -0.15) is 0 Å². The van der Waals surface area contributed by atoms with E-state index in [2.05, 4.69) is 39.5 Å². The molecule has 0 atom stereocenters. The Balaban J connectivity index is 4.11. The van der Waals surface area contributed by atoms with E-state index in [0.717, 1.165) is 5.75 Å². The van der Waals surface area contributed by atoms with Gasteiger partial charge in [0.15, 0.2) is 0 Å². The van der Waals surface area contributed by atoms with Crippen LogP contribution in [0, 0.1) is 0 Å². The van der Waals surface area contributed by atoms with Gasteiger partial charge >= 0.3 is 0 Å². The summed E-state index contributed by atoms with van der Waals surface area (Å²) in [6.45, 7) is 10.1. The molecule has 0 aromatic carbocycles. The van der Waals surface area contributed by atoms with Crippen LogP contribution < -0.4 is 0 Å². The molecule has 0 radical (unpaired) electrons. The molecule has 1 heteroatoms. The van der Waals surface area contributed by atoms with Crippen molar-refractivity contribution >= 4 is 11.8 Å². The molecule has 0 aromatic rings. The van der Waals surface area contributed by atoms with E-state index in [4.69, 9.17) is 0 Å². The van der Waals surface area contributed by atoms with E-state index in [0.29, 0.717) is 0 Å². The second-order valence-electron chi connectivity index (χ2n) is 2.45. The van der Waals surface area contributed by atoms with Gasteiger partial charge in [0, 0.05) is 4.91 Å². The van der Waals surface area contributed by atoms with Crippen LogP contribution in [-0.4, -0.2) is 5.75 Å². The molecular weight excluding hydrogens is 152 g/mol. The van der Waals surface area contributed by atoms with Crippen LogP contribution in [0.25, 0.3) is 0 Å². The van der Waals surface area contributed by atoms with E-state index in [1.165, 1.54) is 10.5 Å². The highest BCUT2D eigenvalue weighted by atomic mass is 32.2. The minimum Gasteiger partial charge on any atom is -0.126 e. The van der Waals surface area contributed by atoms with E-state index >= 15 is 0 Å². The lowest BCUT2D eigenvalue weighted by Crippen LogP contribution is -1.71. The first-order chi connectivity index (χ1) is 5.20. The maximum absolute atomic E-state index is 3.74. The van der Waals surface area contributed by atoms with Gasteiger partial charge in [-0.25, -0.2) is 0 Å². The van der Waals surface area contributed by atoms with Crippen molar-refractivity contribution in [2.75, 3.05) is 5.75 Å². The highest BCUT2D eigenvalue weighted by molar-refractivity contribution is 8.03.